The van der Waals surface area contributed by atoms with Crippen LogP contribution in [0.5, 0.6) is 0 Å². The number of oxazole rings is 1. The lowest BCUT2D eigenvalue weighted by Gasteiger charge is -2.21. The van der Waals surface area contributed by atoms with Crippen molar-refractivity contribution in [1.29, 1.82) is 0 Å². The van der Waals surface area contributed by atoms with E-state index in [-0.39, 0.29) is 11.8 Å². The normalized spacial score (nSPS) is 13.6. The van der Waals surface area contributed by atoms with Crippen molar-refractivity contribution >= 4 is 17.5 Å². The van der Waals surface area contributed by atoms with Gasteiger partial charge in [-0.1, -0.05) is 18.6 Å². The molecule has 0 atom stereocenters. The number of hydrogen-bond donors (Lipinski definition) is 2. The molecule has 28 heavy (non-hydrogen) atoms. The highest BCUT2D eigenvalue weighted by molar-refractivity contribution is 6.04. The van der Waals surface area contributed by atoms with Crippen molar-refractivity contribution < 1.29 is 14.0 Å². The van der Waals surface area contributed by atoms with Crippen LogP contribution in [0.3, 0.4) is 0 Å². The highest BCUT2D eigenvalue weighted by Crippen LogP contribution is 2.35. The van der Waals surface area contributed by atoms with Crippen LogP contribution in [0.2, 0.25) is 0 Å². The highest BCUT2D eigenvalue weighted by Gasteiger charge is 2.25. The Bertz CT molecular complexity index is 963. The number of benzene rings is 1. The second kappa shape index (κ2) is 8.04. The summed E-state index contributed by atoms with van der Waals surface area (Å²) in [6, 6.07) is 10.7. The summed E-state index contributed by atoms with van der Waals surface area (Å²) < 4.78 is 5.41. The van der Waals surface area contributed by atoms with E-state index in [9.17, 15) is 9.59 Å². The van der Waals surface area contributed by atoms with Crippen LogP contribution in [0.1, 0.15) is 57.5 Å². The predicted molar refractivity (Wildman–Crippen MR) is 103 cm³/mol. The first-order valence-corrected chi connectivity index (χ1v) is 9.23. The molecule has 3 aromatic rings. The van der Waals surface area contributed by atoms with E-state index in [0.717, 1.165) is 18.4 Å². The summed E-state index contributed by atoms with van der Waals surface area (Å²) in [5.74, 6) is 0.534. The summed E-state index contributed by atoms with van der Waals surface area (Å²) in [7, 11) is 0. The van der Waals surface area contributed by atoms with Gasteiger partial charge in [0.25, 0.3) is 11.8 Å². The van der Waals surface area contributed by atoms with Crippen LogP contribution in [0.15, 0.2) is 59.5 Å². The Morgan fingerprint density at radius 3 is 2.61 bits per heavy atom. The molecule has 1 fully saturated rings. The van der Waals surface area contributed by atoms with E-state index in [1.54, 1.807) is 30.5 Å². The van der Waals surface area contributed by atoms with E-state index < -0.39 is 0 Å². The number of nitrogens with zero attached hydrogens (tertiary/aromatic N) is 2. The maximum atomic E-state index is 12.2. The molecule has 1 saturated carbocycles. The fraction of sp³-hybridized carbons (Fsp3) is 0.238. The standard InChI is InChI=1S/C21H20N4O3/c26-19(16-5-2-10-22-12-16)24-17-8-6-14(7-9-17)11-23-20(27)18-13-28-21(25-18)15-3-1-4-15/h2,5-10,12-13,15H,1,3-4,11H2,(H,23,27)(H,24,26). The molecule has 0 bridgehead atoms. The van der Waals surface area contributed by atoms with Crippen molar-refractivity contribution in [1.82, 2.24) is 15.3 Å². The third-order valence-corrected chi connectivity index (χ3v) is 4.80. The number of carbonyl (C=O) groups excluding carboxylic acids is 2. The molecule has 2 amide bonds. The van der Waals surface area contributed by atoms with Crippen LogP contribution in [-0.2, 0) is 6.54 Å². The number of anilines is 1. The molecule has 1 aliphatic carbocycles. The van der Waals surface area contributed by atoms with Gasteiger partial charge >= 0.3 is 0 Å². The molecule has 2 heterocycles. The molecule has 0 radical (unpaired) electrons. The minimum absolute atomic E-state index is 0.220. The first-order valence-electron chi connectivity index (χ1n) is 9.23. The van der Waals surface area contributed by atoms with Gasteiger partial charge in [0.05, 0.1) is 5.56 Å². The molecular weight excluding hydrogens is 356 g/mol. The van der Waals surface area contributed by atoms with Gasteiger partial charge in [0.2, 0.25) is 0 Å². The molecule has 7 nitrogen and oxygen atoms in total. The van der Waals surface area contributed by atoms with Gasteiger partial charge in [-0.2, -0.15) is 0 Å². The van der Waals surface area contributed by atoms with Crippen molar-refractivity contribution in [3.8, 4) is 0 Å². The van der Waals surface area contributed by atoms with E-state index in [0.29, 0.717) is 35.3 Å². The van der Waals surface area contributed by atoms with E-state index in [1.165, 1.54) is 18.9 Å². The van der Waals surface area contributed by atoms with E-state index in [2.05, 4.69) is 20.6 Å². The minimum atomic E-state index is -0.261. The smallest absolute Gasteiger partial charge is 0.273 e. The molecule has 2 N–H and O–H groups in total. The summed E-state index contributed by atoms with van der Waals surface area (Å²) >= 11 is 0. The molecule has 1 aliphatic rings. The highest BCUT2D eigenvalue weighted by atomic mass is 16.3. The Morgan fingerprint density at radius 2 is 1.93 bits per heavy atom. The quantitative estimate of drug-likeness (QED) is 0.686. The number of pyridine rings is 1. The fourth-order valence-corrected chi connectivity index (χ4v) is 2.91. The minimum Gasteiger partial charge on any atom is -0.448 e. The number of carbonyl (C=O) groups is 2. The first kappa shape index (κ1) is 17.9. The molecule has 1 aromatic carbocycles. The largest absolute Gasteiger partial charge is 0.448 e. The van der Waals surface area contributed by atoms with Crippen molar-refractivity contribution in [2.45, 2.75) is 31.7 Å². The Labute approximate surface area is 162 Å². The van der Waals surface area contributed by atoms with Gasteiger partial charge in [-0.05, 0) is 42.7 Å². The molecule has 7 heteroatoms. The summed E-state index contributed by atoms with van der Waals surface area (Å²) in [6.45, 7) is 0.362. The first-order chi connectivity index (χ1) is 13.7. The van der Waals surface area contributed by atoms with Crippen molar-refractivity contribution in [2.24, 2.45) is 0 Å². The lowest BCUT2D eigenvalue weighted by molar-refractivity contribution is 0.0945. The Hall–Kier alpha value is -3.48. The van der Waals surface area contributed by atoms with Crippen molar-refractivity contribution in [3.63, 3.8) is 0 Å². The lowest BCUT2D eigenvalue weighted by atomic mass is 9.85. The van der Waals surface area contributed by atoms with Crippen LogP contribution >= 0.6 is 0 Å². The monoisotopic (exact) mass is 376 g/mol. The van der Waals surface area contributed by atoms with E-state index in [1.807, 2.05) is 12.1 Å². The predicted octanol–water partition coefficient (Wildman–Crippen LogP) is 3.52. The van der Waals surface area contributed by atoms with Gasteiger partial charge in [0.1, 0.15) is 6.26 Å². The molecule has 0 saturated heterocycles. The lowest BCUT2D eigenvalue weighted by Crippen LogP contribution is -2.23. The van der Waals surface area contributed by atoms with Gasteiger partial charge in [0.15, 0.2) is 11.6 Å². The summed E-state index contributed by atoms with van der Waals surface area (Å²) in [5, 5.41) is 5.64. The number of amides is 2. The molecule has 2 aromatic heterocycles. The van der Waals surface area contributed by atoms with Gasteiger partial charge in [-0.3, -0.25) is 14.6 Å². The zero-order valence-electron chi connectivity index (χ0n) is 15.2. The third-order valence-electron chi connectivity index (χ3n) is 4.80. The molecule has 4 rings (SSSR count). The summed E-state index contributed by atoms with van der Waals surface area (Å²) in [5.41, 5.74) is 2.39. The number of hydrogen-bond acceptors (Lipinski definition) is 5. The molecule has 0 spiro atoms. The third kappa shape index (κ3) is 4.09. The van der Waals surface area contributed by atoms with Crippen LogP contribution < -0.4 is 10.6 Å². The number of rotatable bonds is 6. The van der Waals surface area contributed by atoms with Crippen LogP contribution in [0, 0.1) is 0 Å². The van der Waals surface area contributed by atoms with Crippen LogP contribution in [0.4, 0.5) is 5.69 Å². The van der Waals surface area contributed by atoms with Crippen molar-refractivity contribution in [3.05, 3.63) is 77.8 Å². The number of aromatic nitrogens is 2. The second-order valence-corrected chi connectivity index (χ2v) is 6.77. The van der Waals surface area contributed by atoms with Gasteiger partial charge in [-0.25, -0.2) is 4.98 Å². The fourth-order valence-electron chi connectivity index (χ4n) is 2.91. The van der Waals surface area contributed by atoms with Crippen molar-refractivity contribution in [2.75, 3.05) is 5.32 Å². The second-order valence-electron chi connectivity index (χ2n) is 6.77. The number of nitrogens with one attached hydrogen (secondary N) is 2. The molecule has 0 aliphatic heterocycles. The average molecular weight is 376 g/mol. The van der Waals surface area contributed by atoms with Gasteiger partial charge in [-0.15, -0.1) is 0 Å². The Kier molecular flexibility index (Phi) is 5.14. The summed E-state index contributed by atoms with van der Waals surface area (Å²) in [6.07, 6.45) is 7.89. The van der Waals surface area contributed by atoms with Crippen LogP contribution in [0.25, 0.3) is 0 Å². The van der Waals surface area contributed by atoms with E-state index >= 15 is 0 Å². The van der Waals surface area contributed by atoms with E-state index in [4.69, 9.17) is 4.42 Å². The molecule has 142 valence electrons. The SMILES string of the molecule is O=C(Nc1ccc(CNC(=O)c2coc(C3CCC3)n2)cc1)c1cccnc1. The molecular formula is C21H20N4O3. The van der Waals surface area contributed by atoms with Gasteiger partial charge in [0, 0.05) is 30.5 Å². The molecule has 0 unspecified atom stereocenters. The average Bonchev–Trinajstić information content (AvgIpc) is 3.16. The van der Waals surface area contributed by atoms with Crippen LogP contribution in [-0.4, -0.2) is 21.8 Å². The topological polar surface area (TPSA) is 97.1 Å². The Morgan fingerprint density at radius 1 is 1.11 bits per heavy atom. The zero-order chi connectivity index (χ0) is 19.3. The summed E-state index contributed by atoms with van der Waals surface area (Å²) in [4.78, 5) is 32.6. The van der Waals surface area contributed by atoms with Gasteiger partial charge < -0.3 is 15.1 Å². The maximum absolute atomic E-state index is 12.2. The Balaban J connectivity index is 1.30. The zero-order valence-corrected chi connectivity index (χ0v) is 15.2. The maximum Gasteiger partial charge on any atom is 0.273 e.